The molecular weight excluding hydrogens is 381 g/mol. The largest absolute Gasteiger partial charge is 0.479 e. The van der Waals surface area contributed by atoms with Crippen molar-refractivity contribution in [2.45, 2.75) is 23.3 Å². The maximum Gasteiger partial charge on any atom is 0.312 e. The molecule has 0 radical (unpaired) electrons. The molecule has 0 spiro atoms. The number of hydrogen-bond donors (Lipinski definition) is 1. The van der Waals surface area contributed by atoms with E-state index in [1.54, 1.807) is 24.3 Å². The molecule has 0 saturated heterocycles. The van der Waals surface area contributed by atoms with Crippen molar-refractivity contribution in [2.75, 3.05) is 0 Å². The minimum absolute atomic E-state index is 0.0774. The molecule has 0 bridgehead atoms. The maximum atomic E-state index is 13.6. The third-order valence-electron chi connectivity index (χ3n) is 2.77. The molecule has 1 aromatic carbocycles. The molecule has 0 saturated carbocycles. The van der Waals surface area contributed by atoms with Gasteiger partial charge in [-0.05, 0) is 37.8 Å². The molecule has 19 heavy (non-hydrogen) atoms. The zero-order valence-electron chi connectivity index (χ0n) is 10.3. The van der Waals surface area contributed by atoms with Crippen molar-refractivity contribution in [3.8, 4) is 17.2 Å². The standard InChI is InChI=1S/C13H12Br2FNO2/c1-7(2)10-11(17-19-12(10)18)8-3-5-9(6-4-8)13(14,15)16/h3-7,18H,1-2H3. The van der Waals surface area contributed by atoms with E-state index in [4.69, 9.17) is 4.52 Å². The van der Waals surface area contributed by atoms with Gasteiger partial charge in [0.05, 0.1) is 5.56 Å². The van der Waals surface area contributed by atoms with E-state index in [2.05, 4.69) is 37.0 Å². The minimum Gasteiger partial charge on any atom is -0.479 e. The second kappa shape index (κ2) is 5.25. The highest BCUT2D eigenvalue weighted by Crippen LogP contribution is 2.41. The molecule has 1 aromatic heterocycles. The van der Waals surface area contributed by atoms with Crippen LogP contribution in [0, 0.1) is 0 Å². The summed E-state index contributed by atoms with van der Waals surface area (Å²) >= 11 is 5.77. The summed E-state index contributed by atoms with van der Waals surface area (Å²) in [5, 5.41) is 13.5. The van der Waals surface area contributed by atoms with Crippen LogP contribution in [0.5, 0.6) is 5.95 Å². The Morgan fingerprint density at radius 3 is 2.32 bits per heavy atom. The zero-order chi connectivity index (χ0) is 14.2. The van der Waals surface area contributed by atoms with Gasteiger partial charge in [0.25, 0.3) is 0 Å². The van der Waals surface area contributed by atoms with Crippen LogP contribution in [0.15, 0.2) is 28.8 Å². The summed E-state index contributed by atoms with van der Waals surface area (Å²) in [4.78, 5) is 0. The number of halogens is 3. The zero-order valence-corrected chi connectivity index (χ0v) is 13.5. The highest BCUT2D eigenvalue weighted by atomic mass is 79.9. The summed E-state index contributed by atoms with van der Waals surface area (Å²) in [7, 11) is 0. The fraction of sp³-hybridized carbons (Fsp3) is 0.308. The average Bonchev–Trinajstić information content (AvgIpc) is 2.70. The normalized spacial score (nSPS) is 12.1. The number of nitrogens with zero attached hydrogens (tertiary/aromatic N) is 1. The molecular formula is C13H12Br2FNO2. The lowest BCUT2D eigenvalue weighted by atomic mass is 9.99. The summed E-state index contributed by atoms with van der Waals surface area (Å²) in [5.74, 6) is -0.0940. The number of hydrogen-bond acceptors (Lipinski definition) is 3. The molecule has 1 N–H and O–H groups in total. The van der Waals surface area contributed by atoms with Gasteiger partial charge in [0.2, 0.25) is 3.49 Å². The third-order valence-corrected chi connectivity index (χ3v) is 3.69. The summed E-state index contributed by atoms with van der Waals surface area (Å²) in [6, 6.07) is 6.73. The lowest BCUT2D eigenvalue weighted by Crippen LogP contribution is -1.99. The van der Waals surface area contributed by atoms with Crippen molar-refractivity contribution < 1.29 is 14.0 Å². The van der Waals surface area contributed by atoms with Crippen molar-refractivity contribution in [1.82, 2.24) is 5.16 Å². The third kappa shape index (κ3) is 3.00. The topological polar surface area (TPSA) is 46.3 Å². The monoisotopic (exact) mass is 391 g/mol. The fourth-order valence-corrected chi connectivity index (χ4v) is 2.36. The molecule has 0 aliphatic carbocycles. The average molecular weight is 393 g/mol. The van der Waals surface area contributed by atoms with Gasteiger partial charge < -0.3 is 9.63 Å². The minimum atomic E-state index is -1.74. The first-order chi connectivity index (χ1) is 8.80. The van der Waals surface area contributed by atoms with E-state index < -0.39 is 3.49 Å². The number of rotatable bonds is 3. The molecule has 0 amide bonds. The molecule has 102 valence electrons. The predicted octanol–water partition coefficient (Wildman–Crippen LogP) is 5.04. The quantitative estimate of drug-likeness (QED) is 0.744. The number of aromatic hydroxyl groups is 1. The Hall–Kier alpha value is -0.880. The lowest BCUT2D eigenvalue weighted by molar-refractivity contribution is 0.275. The van der Waals surface area contributed by atoms with E-state index in [0.717, 1.165) is 5.56 Å². The molecule has 0 aliphatic rings. The Kier molecular flexibility index (Phi) is 4.01. The first-order valence-electron chi connectivity index (χ1n) is 5.67. The molecule has 0 fully saturated rings. The van der Waals surface area contributed by atoms with E-state index >= 15 is 0 Å². The summed E-state index contributed by atoms with van der Waals surface area (Å²) in [6.07, 6.45) is 0. The number of benzene rings is 1. The Bertz CT molecular complexity index is 573. The van der Waals surface area contributed by atoms with Gasteiger partial charge in [0.1, 0.15) is 5.69 Å². The summed E-state index contributed by atoms with van der Waals surface area (Å²) in [5.41, 5.74) is 2.43. The van der Waals surface area contributed by atoms with Gasteiger partial charge >= 0.3 is 5.95 Å². The van der Waals surface area contributed by atoms with Crippen molar-refractivity contribution in [3.63, 3.8) is 0 Å². The van der Waals surface area contributed by atoms with Crippen LogP contribution in [0.4, 0.5) is 4.39 Å². The van der Waals surface area contributed by atoms with Crippen LogP contribution in [0.2, 0.25) is 0 Å². The SMILES string of the molecule is CC(C)c1c(-c2ccc(C(F)(Br)Br)cc2)noc1O. The Balaban J connectivity index is 2.44. The first kappa shape index (κ1) is 14.5. The van der Waals surface area contributed by atoms with Crippen LogP contribution < -0.4 is 0 Å². The van der Waals surface area contributed by atoms with E-state index in [-0.39, 0.29) is 11.9 Å². The predicted molar refractivity (Wildman–Crippen MR) is 78.3 cm³/mol. The van der Waals surface area contributed by atoms with Crippen LogP contribution in [0.1, 0.15) is 30.9 Å². The molecule has 6 heteroatoms. The Morgan fingerprint density at radius 1 is 1.26 bits per heavy atom. The second-order valence-electron chi connectivity index (χ2n) is 4.48. The van der Waals surface area contributed by atoms with Crippen LogP contribution in [-0.2, 0) is 3.49 Å². The van der Waals surface area contributed by atoms with Crippen molar-refractivity contribution >= 4 is 31.9 Å². The molecule has 0 atom stereocenters. The van der Waals surface area contributed by atoms with Gasteiger partial charge in [-0.25, -0.2) is 4.39 Å². The smallest absolute Gasteiger partial charge is 0.312 e. The van der Waals surface area contributed by atoms with Crippen molar-refractivity contribution in [1.29, 1.82) is 0 Å². The highest BCUT2D eigenvalue weighted by molar-refractivity contribution is 9.24. The van der Waals surface area contributed by atoms with Gasteiger partial charge in [0, 0.05) is 11.1 Å². The Morgan fingerprint density at radius 2 is 1.84 bits per heavy atom. The molecule has 0 aliphatic heterocycles. The van der Waals surface area contributed by atoms with Crippen LogP contribution >= 0.6 is 31.9 Å². The summed E-state index contributed by atoms with van der Waals surface area (Å²) < 4.78 is 16.7. The van der Waals surface area contributed by atoms with Gasteiger partial charge in [-0.1, -0.05) is 43.3 Å². The summed E-state index contributed by atoms with van der Waals surface area (Å²) in [6.45, 7) is 3.88. The molecule has 2 rings (SSSR count). The molecule has 0 unspecified atom stereocenters. The van der Waals surface area contributed by atoms with E-state index in [1.165, 1.54) is 0 Å². The number of alkyl halides is 3. The van der Waals surface area contributed by atoms with Gasteiger partial charge in [-0.3, -0.25) is 0 Å². The maximum absolute atomic E-state index is 13.6. The second-order valence-corrected chi connectivity index (χ2v) is 7.73. The Labute approximate surface area is 127 Å². The highest BCUT2D eigenvalue weighted by Gasteiger charge is 2.24. The van der Waals surface area contributed by atoms with Crippen LogP contribution in [-0.4, -0.2) is 10.3 Å². The van der Waals surface area contributed by atoms with E-state index in [0.29, 0.717) is 16.8 Å². The van der Waals surface area contributed by atoms with Gasteiger partial charge in [0.15, 0.2) is 0 Å². The van der Waals surface area contributed by atoms with Gasteiger partial charge in [-0.15, -0.1) is 0 Å². The van der Waals surface area contributed by atoms with E-state index in [1.807, 2.05) is 13.8 Å². The first-order valence-corrected chi connectivity index (χ1v) is 7.25. The fourth-order valence-electron chi connectivity index (χ4n) is 1.83. The lowest BCUT2D eigenvalue weighted by Gasteiger charge is -2.11. The van der Waals surface area contributed by atoms with E-state index in [9.17, 15) is 9.50 Å². The molecule has 2 aromatic rings. The number of aromatic nitrogens is 1. The molecule has 1 heterocycles. The van der Waals surface area contributed by atoms with Crippen molar-refractivity contribution in [3.05, 3.63) is 35.4 Å². The van der Waals surface area contributed by atoms with Gasteiger partial charge in [-0.2, -0.15) is 0 Å². The van der Waals surface area contributed by atoms with Crippen LogP contribution in [0.25, 0.3) is 11.3 Å². The van der Waals surface area contributed by atoms with Crippen LogP contribution in [0.3, 0.4) is 0 Å². The molecule has 3 nitrogen and oxygen atoms in total. The van der Waals surface area contributed by atoms with Crippen molar-refractivity contribution in [2.24, 2.45) is 0 Å².